The maximum absolute atomic E-state index is 12.7. The Labute approximate surface area is 166 Å². The van der Waals surface area contributed by atoms with Crippen molar-refractivity contribution < 1.29 is 27.4 Å². The minimum Gasteiger partial charge on any atom is -0.487 e. The normalized spacial score (nSPS) is 13.0. The number of alkyl halides is 3. The van der Waals surface area contributed by atoms with Crippen molar-refractivity contribution in [3.63, 3.8) is 0 Å². The predicted molar refractivity (Wildman–Crippen MR) is 103 cm³/mol. The Bertz CT molecular complexity index is 989. The molecule has 152 valence electrons. The van der Waals surface area contributed by atoms with Gasteiger partial charge in [0.2, 0.25) is 5.89 Å². The zero-order valence-electron chi connectivity index (χ0n) is 15.9. The van der Waals surface area contributed by atoms with E-state index in [4.69, 9.17) is 9.15 Å². The van der Waals surface area contributed by atoms with Crippen molar-refractivity contribution >= 4 is 6.08 Å². The minimum atomic E-state index is -4.39. The Morgan fingerprint density at radius 1 is 1.17 bits per heavy atom. The molecule has 0 aliphatic heterocycles. The summed E-state index contributed by atoms with van der Waals surface area (Å²) in [4.78, 5) is 4.28. The maximum Gasteiger partial charge on any atom is 0.416 e. The van der Waals surface area contributed by atoms with E-state index in [1.165, 1.54) is 18.4 Å². The molecule has 1 unspecified atom stereocenters. The summed E-state index contributed by atoms with van der Waals surface area (Å²) >= 11 is 0. The van der Waals surface area contributed by atoms with Gasteiger partial charge >= 0.3 is 6.18 Å². The van der Waals surface area contributed by atoms with Crippen molar-refractivity contribution in [1.82, 2.24) is 4.98 Å². The molecule has 0 bridgehead atoms. The lowest BCUT2D eigenvalue weighted by atomic mass is 10.1. The number of halogens is 3. The number of hydrogen-bond donors (Lipinski definition) is 1. The van der Waals surface area contributed by atoms with Gasteiger partial charge < -0.3 is 14.3 Å². The first kappa shape index (κ1) is 20.7. The number of aryl methyl sites for hydroxylation is 1. The molecule has 1 N–H and O–H groups in total. The van der Waals surface area contributed by atoms with Crippen molar-refractivity contribution in [3.05, 3.63) is 77.2 Å². The molecule has 4 nitrogen and oxygen atoms in total. The molecule has 3 aromatic rings. The monoisotopic (exact) mass is 403 g/mol. The van der Waals surface area contributed by atoms with E-state index in [1.54, 1.807) is 19.1 Å². The van der Waals surface area contributed by atoms with Crippen LogP contribution in [0.1, 0.15) is 29.3 Å². The van der Waals surface area contributed by atoms with E-state index in [2.05, 4.69) is 4.98 Å². The Balaban J connectivity index is 1.71. The summed E-state index contributed by atoms with van der Waals surface area (Å²) in [5.41, 5.74) is 2.09. The number of ether oxygens (including phenoxy) is 1. The minimum absolute atomic E-state index is 0.128. The first-order valence-corrected chi connectivity index (χ1v) is 8.94. The van der Waals surface area contributed by atoms with Crippen LogP contribution in [0.25, 0.3) is 17.5 Å². The van der Waals surface area contributed by atoms with Crippen molar-refractivity contribution in [2.45, 2.75) is 32.7 Å². The van der Waals surface area contributed by atoms with E-state index in [9.17, 15) is 18.3 Å². The lowest BCUT2D eigenvalue weighted by Gasteiger charge is -2.09. The van der Waals surface area contributed by atoms with Gasteiger partial charge in [0.1, 0.15) is 24.3 Å². The zero-order valence-corrected chi connectivity index (χ0v) is 15.9. The van der Waals surface area contributed by atoms with Crippen LogP contribution >= 0.6 is 0 Å². The summed E-state index contributed by atoms with van der Waals surface area (Å²) in [7, 11) is 0. The standard InChI is InChI=1S/C22H20F3NO3/c1-14-3-10-20(17(11-14)5-4-15(2)27)28-12-19-13-29-21(26-19)16-6-8-18(9-7-16)22(23,24)25/h3-11,13,15,27H,12H2,1-2H3/b5-4+. The molecule has 7 heteroatoms. The van der Waals surface area contributed by atoms with Gasteiger partial charge in [-0.25, -0.2) is 4.98 Å². The molecule has 3 rings (SSSR count). The molecule has 0 aliphatic rings. The molecule has 1 aromatic heterocycles. The maximum atomic E-state index is 12.7. The van der Waals surface area contributed by atoms with Gasteiger partial charge in [-0.15, -0.1) is 0 Å². The van der Waals surface area contributed by atoms with Crippen LogP contribution in [0.4, 0.5) is 13.2 Å². The third-order valence-corrected chi connectivity index (χ3v) is 4.11. The molecule has 0 saturated carbocycles. The third-order valence-electron chi connectivity index (χ3n) is 4.11. The van der Waals surface area contributed by atoms with Gasteiger partial charge in [0.25, 0.3) is 0 Å². The Kier molecular flexibility index (Phi) is 6.08. The molecule has 0 aliphatic carbocycles. The molecule has 0 saturated heterocycles. The van der Waals surface area contributed by atoms with Crippen LogP contribution in [-0.2, 0) is 12.8 Å². The summed E-state index contributed by atoms with van der Waals surface area (Å²) in [5, 5.41) is 9.44. The van der Waals surface area contributed by atoms with E-state index in [0.717, 1.165) is 23.3 Å². The van der Waals surface area contributed by atoms with E-state index in [1.807, 2.05) is 25.1 Å². The highest BCUT2D eigenvalue weighted by Gasteiger charge is 2.30. The van der Waals surface area contributed by atoms with Crippen LogP contribution in [-0.4, -0.2) is 16.2 Å². The van der Waals surface area contributed by atoms with Crippen LogP contribution in [0.5, 0.6) is 5.75 Å². The molecular weight excluding hydrogens is 383 g/mol. The molecule has 0 radical (unpaired) electrons. The quantitative estimate of drug-likeness (QED) is 0.579. The van der Waals surface area contributed by atoms with Gasteiger partial charge in [-0.3, -0.25) is 0 Å². The molecule has 0 spiro atoms. The summed E-state index contributed by atoms with van der Waals surface area (Å²) in [6, 6.07) is 10.3. The molecule has 0 fully saturated rings. The Hall–Kier alpha value is -3.06. The molecule has 2 aromatic carbocycles. The molecule has 1 heterocycles. The highest BCUT2D eigenvalue weighted by atomic mass is 19.4. The second-order valence-electron chi connectivity index (χ2n) is 6.65. The number of hydrogen-bond acceptors (Lipinski definition) is 4. The second-order valence-corrected chi connectivity index (χ2v) is 6.65. The summed E-state index contributed by atoms with van der Waals surface area (Å²) in [5.74, 6) is 0.835. The van der Waals surface area contributed by atoms with Gasteiger partial charge in [0.05, 0.1) is 11.7 Å². The van der Waals surface area contributed by atoms with E-state index >= 15 is 0 Å². The zero-order chi connectivity index (χ0) is 21.0. The topological polar surface area (TPSA) is 55.5 Å². The Morgan fingerprint density at radius 3 is 2.55 bits per heavy atom. The fraction of sp³-hybridized carbons (Fsp3) is 0.227. The average Bonchev–Trinajstić information content (AvgIpc) is 3.14. The van der Waals surface area contributed by atoms with Gasteiger partial charge in [0, 0.05) is 11.1 Å². The fourth-order valence-corrected chi connectivity index (χ4v) is 2.63. The van der Waals surface area contributed by atoms with Crippen molar-refractivity contribution in [3.8, 4) is 17.2 Å². The van der Waals surface area contributed by atoms with Gasteiger partial charge in [-0.05, 0) is 50.2 Å². The van der Waals surface area contributed by atoms with Gasteiger partial charge in [-0.1, -0.05) is 23.8 Å². The molecule has 0 amide bonds. The summed E-state index contributed by atoms with van der Waals surface area (Å²) in [6.07, 6.45) is -0.122. The number of aliphatic hydroxyl groups is 1. The number of aromatic nitrogens is 1. The summed E-state index contributed by atoms with van der Waals surface area (Å²) in [6.45, 7) is 3.74. The summed E-state index contributed by atoms with van der Waals surface area (Å²) < 4.78 is 49.2. The second kappa shape index (κ2) is 8.53. The predicted octanol–water partition coefficient (Wildman–Crippen LogP) is 5.64. The van der Waals surface area contributed by atoms with Crippen LogP contribution in [0.3, 0.4) is 0 Å². The smallest absolute Gasteiger partial charge is 0.416 e. The van der Waals surface area contributed by atoms with Crippen molar-refractivity contribution in [2.24, 2.45) is 0 Å². The van der Waals surface area contributed by atoms with Gasteiger partial charge in [0.15, 0.2) is 0 Å². The fourth-order valence-electron chi connectivity index (χ4n) is 2.63. The SMILES string of the molecule is Cc1ccc(OCc2coc(-c3ccc(C(F)(F)F)cc3)n2)c(/C=C/C(C)O)c1. The molecule has 29 heavy (non-hydrogen) atoms. The third kappa shape index (κ3) is 5.48. The number of nitrogens with zero attached hydrogens (tertiary/aromatic N) is 1. The molecular formula is C22H20F3NO3. The molecule has 1 atom stereocenters. The average molecular weight is 403 g/mol. The van der Waals surface area contributed by atoms with E-state index < -0.39 is 17.8 Å². The van der Waals surface area contributed by atoms with Crippen LogP contribution < -0.4 is 4.74 Å². The number of rotatable bonds is 6. The van der Waals surface area contributed by atoms with Crippen LogP contribution in [0.2, 0.25) is 0 Å². The first-order chi connectivity index (χ1) is 13.7. The largest absolute Gasteiger partial charge is 0.487 e. The number of aliphatic hydroxyl groups excluding tert-OH is 1. The Morgan fingerprint density at radius 2 is 1.90 bits per heavy atom. The highest BCUT2D eigenvalue weighted by Crippen LogP contribution is 2.31. The van der Waals surface area contributed by atoms with Crippen LogP contribution in [0.15, 0.2) is 59.2 Å². The first-order valence-electron chi connectivity index (χ1n) is 8.94. The van der Waals surface area contributed by atoms with E-state index in [0.29, 0.717) is 17.0 Å². The number of oxazole rings is 1. The highest BCUT2D eigenvalue weighted by molar-refractivity contribution is 5.59. The van der Waals surface area contributed by atoms with Gasteiger partial charge in [-0.2, -0.15) is 13.2 Å². The van der Waals surface area contributed by atoms with Crippen molar-refractivity contribution in [1.29, 1.82) is 0 Å². The van der Waals surface area contributed by atoms with E-state index in [-0.39, 0.29) is 12.5 Å². The van der Waals surface area contributed by atoms with Crippen molar-refractivity contribution in [2.75, 3.05) is 0 Å². The van der Waals surface area contributed by atoms with Crippen LogP contribution in [0, 0.1) is 6.92 Å². The lowest BCUT2D eigenvalue weighted by molar-refractivity contribution is -0.137. The lowest BCUT2D eigenvalue weighted by Crippen LogP contribution is -2.04. The number of benzene rings is 2.